The Morgan fingerprint density at radius 3 is 2.77 bits per heavy atom. The van der Waals surface area contributed by atoms with E-state index in [2.05, 4.69) is 21.6 Å². The molecule has 0 aliphatic heterocycles. The number of hydrogen-bond donors (Lipinski definition) is 1. The van der Waals surface area contributed by atoms with Crippen molar-refractivity contribution in [2.45, 2.75) is 11.6 Å². The fraction of sp³-hybridized carbons (Fsp3) is 0.250. The van der Waals surface area contributed by atoms with E-state index in [0.717, 1.165) is 11.3 Å². The smallest absolute Gasteiger partial charge is 0.302 e. The highest BCUT2D eigenvalue weighted by Gasteiger charge is 2.15. The number of nitrogens with one attached hydrogen (secondary N) is 1. The van der Waals surface area contributed by atoms with Gasteiger partial charge in [-0.25, -0.2) is 4.98 Å². The number of anilines is 1. The molecule has 0 unspecified atom stereocenters. The fourth-order valence-electron chi connectivity index (χ4n) is 2.49. The van der Waals surface area contributed by atoms with Gasteiger partial charge in [-0.15, -0.1) is 0 Å². The highest BCUT2D eigenvalue weighted by molar-refractivity contribution is 8.00. The predicted octanol–water partition coefficient (Wildman–Crippen LogP) is 2.28. The average molecular weight is 426 g/mol. The molecule has 0 saturated carbocycles. The number of carbonyl (C=O) groups excluding carboxylic acids is 1. The second-order valence-electron chi connectivity index (χ2n) is 6.05. The first-order chi connectivity index (χ1) is 14.6. The lowest BCUT2D eigenvalue weighted by Gasteiger charge is -2.07. The van der Waals surface area contributed by atoms with Crippen molar-refractivity contribution in [3.8, 4) is 23.1 Å². The van der Waals surface area contributed by atoms with Gasteiger partial charge in [0.25, 0.3) is 6.20 Å². The lowest BCUT2D eigenvalue weighted by atomic mass is 10.1. The van der Waals surface area contributed by atoms with Crippen molar-refractivity contribution in [2.24, 2.45) is 0 Å². The second-order valence-corrected chi connectivity index (χ2v) is 7.01. The largest absolute Gasteiger partial charge is 0.497 e. The molecule has 0 aliphatic carbocycles. The molecule has 1 N–H and O–H groups in total. The number of benzene rings is 1. The van der Waals surface area contributed by atoms with Gasteiger partial charge in [0.05, 0.1) is 24.1 Å². The number of nitrogens with zero attached hydrogens (tertiary/aromatic N) is 4. The molecule has 3 rings (SSSR count). The second kappa shape index (κ2) is 10.4. The average Bonchev–Trinajstić information content (AvgIpc) is 3.23. The summed E-state index contributed by atoms with van der Waals surface area (Å²) >= 11 is 1.18. The van der Waals surface area contributed by atoms with E-state index in [0.29, 0.717) is 29.4 Å². The number of methoxy groups -OCH3 is 2. The molecule has 0 bridgehead atoms. The quantitative estimate of drug-likeness (QED) is 0.409. The molecule has 1 aromatic carbocycles. The number of carbonyl (C=O) groups is 1. The summed E-state index contributed by atoms with van der Waals surface area (Å²) in [5, 5.41) is 16.3. The lowest BCUT2D eigenvalue weighted by molar-refractivity contribution is -0.763. The number of hydrogen-bond acceptors (Lipinski definition) is 8. The van der Waals surface area contributed by atoms with Gasteiger partial charge in [-0.2, -0.15) is 5.26 Å². The van der Waals surface area contributed by atoms with Crippen molar-refractivity contribution in [3.05, 3.63) is 48.2 Å². The van der Waals surface area contributed by atoms with Crippen molar-refractivity contribution in [3.63, 3.8) is 0 Å². The first-order valence-corrected chi connectivity index (χ1v) is 9.95. The molecule has 2 heterocycles. The highest BCUT2D eigenvalue weighted by Crippen LogP contribution is 2.26. The summed E-state index contributed by atoms with van der Waals surface area (Å²) in [7, 11) is 3.19. The summed E-state index contributed by atoms with van der Waals surface area (Å²) in [6.07, 6.45) is 1.57. The van der Waals surface area contributed by atoms with Crippen LogP contribution in [0.4, 0.5) is 5.88 Å². The van der Waals surface area contributed by atoms with Crippen LogP contribution in [0.5, 0.6) is 5.75 Å². The Morgan fingerprint density at radius 2 is 2.07 bits per heavy atom. The Hall–Kier alpha value is -3.42. The van der Waals surface area contributed by atoms with Crippen molar-refractivity contribution < 1.29 is 23.5 Å². The summed E-state index contributed by atoms with van der Waals surface area (Å²) in [5.41, 5.74) is 1.99. The predicted molar refractivity (Wildman–Crippen MR) is 109 cm³/mol. The summed E-state index contributed by atoms with van der Waals surface area (Å²) in [6.45, 7) is 0.992. The maximum Gasteiger partial charge on any atom is 0.302 e. The number of nitriles is 1. The number of thioether (sulfide) groups is 1. The molecule has 10 heteroatoms. The van der Waals surface area contributed by atoms with Crippen LogP contribution < -0.4 is 14.7 Å². The van der Waals surface area contributed by atoms with Gasteiger partial charge in [0.2, 0.25) is 17.7 Å². The third kappa shape index (κ3) is 5.56. The first kappa shape index (κ1) is 21.3. The third-order valence-corrected chi connectivity index (χ3v) is 5.00. The topological polar surface area (TPSA) is 114 Å². The minimum absolute atomic E-state index is 0.0620. The minimum atomic E-state index is -0.296. The van der Waals surface area contributed by atoms with Gasteiger partial charge < -0.3 is 9.47 Å². The van der Waals surface area contributed by atoms with Crippen LogP contribution in [-0.2, 0) is 16.1 Å². The van der Waals surface area contributed by atoms with Gasteiger partial charge in [0.1, 0.15) is 23.5 Å². The van der Waals surface area contributed by atoms with Crippen molar-refractivity contribution in [2.75, 3.05) is 31.9 Å². The van der Waals surface area contributed by atoms with E-state index in [9.17, 15) is 10.1 Å². The fourth-order valence-corrected chi connectivity index (χ4v) is 3.26. The van der Waals surface area contributed by atoms with Crippen molar-refractivity contribution in [1.82, 2.24) is 10.3 Å². The highest BCUT2D eigenvalue weighted by atomic mass is 32.2. The van der Waals surface area contributed by atoms with Crippen LogP contribution in [0.2, 0.25) is 0 Å². The molecule has 2 aromatic heterocycles. The Labute approximate surface area is 177 Å². The molecule has 1 amide bonds. The van der Waals surface area contributed by atoms with E-state index in [1.165, 1.54) is 16.4 Å². The van der Waals surface area contributed by atoms with Crippen LogP contribution in [0.3, 0.4) is 0 Å². The summed E-state index contributed by atoms with van der Waals surface area (Å²) in [4.78, 5) is 16.8. The Bertz CT molecular complexity index is 1050. The zero-order valence-corrected chi connectivity index (χ0v) is 17.3. The number of ether oxygens (including phenoxy) is 2. The summed E-state index contributed by atoms with van der Waals surface area (Å²) in [5.74, 6) is 0.745. The number of aromatic nitrogens is 3. The van der Waals surface area contributed by atoms with Crippen LogP contribution in [0.25, 0.3) is 11.3 Å². The van der Waals surface area contributed by atoms with Crippen LogP contribution in [0, 0.1) is 11.3 Å². The molecule has 0 spiro atoms. The summed E-state index contributed by atoms with van der Waals surface area (Å²) < 4.78 is 16.7. The number of amides is 1. The molecule has 0 radical (unpaired) electrons. The zero-order chi connectivity index (χ0) is 21.3. The van der Waals surface area contributed by atoms with Gasteiger partial charge in [0.15, 0.2) is 0 Å². The van der Waals surface area contributed by atoms with Gasteiger partial charge in [-0.3, -0.25) is 14.6 Å². The van der Waals surface area contributed by atoms with Gasteiger partial charge in [-0.05, 0) is 41.1 Å². The monoisotopic (exact) mass is 426 g/mol. The minimum Gasteiger partial charge on any atom is -0.497 e. The Balaban J connectivity index is 1.65. The van der Waals surface area contributed by atoms with Gasteiger partial charge in [0, 0.05) is 12.7 Å². The Morgan fingerprint density at radius 1 is 1.27 bits per heavy atom. The van der Waals surface area contributed by atoms with E-state index in [1.807, 2.05) is 24.3 Å². The van der Waals surface area contributed by atoms with Crippen molar-refractivity contribution in [1.29, 1.82) is 5.26 Å². The number of pyridine rings is 1. The first-order valence-electron chi connectivity index (χ1n) is 8.96. The molecule has 0 atom stereocenters. The maximum absolute atomic E-state index is 12.3. The van der Waals surface area contributed by atoms with Crippen LogP contribution in [0.1, 0.15) is 5.56 Å². The molecule has 0 fully saturated rings. The van der Waals surface area contributed by atoms with E-state index in [-0.39, 0.29) is 17.5 Å². The molecule has 0 saturated heterocycles. The SMILES string of the molecule is COCC[n+]1cc(NC(=O)CSc2nc(-c3ccc(OC)cc3)ccc2C#N)on1. The van der Waals surface area contributed by atoms with Gasteiger partial charge in [-0.1, -0.05) is 11.8 Å². The van der Waals surface area contributed by atoms with Crippen LogP contribution in [0.15, 0.2) is 52.1 Å². The normalized spacial score (nSPS) is 10.4. The van der Waals surface area contributed by atoms with Gasteiger partial charge >= 0.3 is 5.88 Å². The molecule has 9 nitrogen and oxygen atoms in total. The zero-order valence-electron chi connectivity index (χ0n) is 16.5. The number of rotatable bonds is 9. The molecular formula is C20H20N5O4S+. The molecule has 3 aromatic rings. The summed E-state index contributed by atoms with van der Waals surface area (Å²) in [6, 6.07) is 13.0. The van der Waals surface area contributed by atoms with E-state index in [4.69, 9.17) is 14.0 Å². The molecule has 154 valence electrons. The van der Waals surface area contributed by atoms with E-state index < -0.39 is 0 Å². The van der Waals surface area contributed by atoms with E-state index >= 15 is 0 Å². The Kier molecular flexibility index (Phi) is 7.37. The van der Waals surface area contributed by atoms with Crippen LogP contribution >= 0.6 is 11.8 Å². The molecule has 30 heavy (non-hydrogen) atoms. The van der Waals surface area contributed by atoms with E-state index in [1.54, 1.807) is 32.5 Å². The van der Waals surface area contributed by atoms with Crippen LogP contribution in [-0.4, -0.2) is 42.7 Å². The lowest BCUT2D eigenvalue weighted by Crippen LogP contribution is -2.36. The standard InChI is InChI=1S/C20H19N5O4S/c1-27-10-9-25-12-19(29-24-25)23-18(26)13-30-20-15(11-21)5-8-17(22-20)14-3-6-16(28-2)7-4-14/h3-8,12H,9-10,13H2,1-2H3/p+1. The third-order valence-electron chi connectivity index (χ3n) is 4.00. The maximum atomic E-state index is 12.3. The molecular weight excluding hydrogens is 406 g/mol. The molecule has 0 aliphatic rings. The van der Waals surface area contributed by atoms with Crippen molar-refractivity contribution >= 4 is 23.6 Å².